The Morgan fingerprint density at radius 1 is 1.19 bits per heavy atom. The third-order valence-corrected chi connectivity index (χ3v) is 2.37. The van der Waals surface area contributed by atoms with Gasteiger partial charge in [-0.25, -0.2) is 0 Å². The van der Waals surface area contributed by atoms with E-state index in [9.17, 15) is 30.7 Å². The molecule has 0 spiro atoms. The quantitative estimate of drug-likeness (QED) is 0.730. The van der Waals surface area contributed by atoms with Crippen molar-refractivity contribution < 1.29 is 40.6 Å². The van der Waals surface area contributed by atoms with Gasteiger partial charge < -0.3 is 5.11 Å². The van der Waals surface area contributed by atoms with E-state index in [1.807, 2.05) is 0 Å². The van der Waals surface area contributed by atoms with Gasteiger partial charge >= 0.3 is 24.0 Å². The summed E-state index contributed by atoms with van der Waals surface area (Å²) in [5.41, 5.74) is 0. The minimum Gasteiger partial charge on any atom is -0.354 e. The second-order valence-electron chi connectivity index (χ2n) is 3.39. The van der Waals surface area contributed by atoms with Crippen LogP contribution in [0.3, 0.4) is 0 Å². The maximum absolute atomic E-state index is 13.1. The highest BCUT2D eigenvalue weighted by Gasteiger charge is 2.84. The molecule has 0 aromatic rings. The Morgan fingerprint density at radius 3 is 1.81 bits per heavy atom. The molecule has 96 valence electrons. The molecule has 0 aromatic heterocycles. The molecule has 0 aliphatic carbocycles. The molecule has 1 aliphatic heterocycles. The third-order valence-electron chi connectivity index (χ3n) is 2.37. The fraction of sp³-hybridized carbons (Fsp3) is 1.00. The van der Waals surface area contributed by atoms with Crippen molar-refractivity contribution >= 4 is 0 Å². The van der Waals surface area contributed by atoms with E-state index in [1.165, 1.54) is 0 Å². The van der Waals surface area contributed by atoms with Gasteiger partial charge in [0.25, 0.3) is 0 Å². The van der Waals surface area contributed by atoms with Crippen molar-refractivity contribution in [2.24, 2.45) is 5.92 Å². The molecule has 1 aliphatic rings. The minimum absolute atomic E-state index is 0.845. The summed E-state index contributed by atoms with van der Waals surface area (Å²) in [5, 5.41) is 8.62. The summed E-state index contributed by atoms with van der Waals surface area (Å²) in [6.45, 7) is 0.845. The summed E-state index contributed by atoms with van der Waals surface area (Å²) in [5.74, 6) is -13.3. The number of alkyl halides is 7. The van der Waals surface area contributed by atoms with Crippen LogP contribution in [0, 0.1) is 5.92 Å². The summed E-state index contributed by atoms with van der Waals surface area (Å²) in [6.07, 6.45) is -11.7. The first-order chi connectivity index (χ1) is 6.90. The van der Waals surface area contributed by atoms with Gasteiger partial charge in [-0.2, -0.15) is 30.7 Å². The zero-order valence-electron chi connectivity index (χ0n) is 7.79. The van der Waals surface area contributed by atoms with E-state index in [0.29, 0.717) is 0 Å². The van der Waals surface area contributed by atoms with Crippen molar-refractivity contribution in [2.75, 3.05) is 0 Å². The second kappa shape index (κ2) is 3.22. The molecule has 0 aromatic carbocycles. The normalized spacial score (nSPS) is 37.7. The minimum atomic E-state index is -6.01. The molecule has 2 unspecified atom stereocenters. The molecular formula is C7H7F7O2. The van der Waals surface area contributed by atoms with Gasteiger partial charge in [-0.15, -0.1) is 0 Å². The molecule has 1 heterocycles. The van der Waals surface area contributed by atoms with Gasteiger partial charge in [-0.3, -0.25) is 4.74 Å². The summed E-state index contributed by atoms with van der Waals surface area (Å²) in [6, 6.07) is 0. The van der Waals surface area contributed by atoms with Crippen LogP contribution >= 0.6 is 0 Å². The van der Waals surface area contributed by atoms with Gasteiger partial charge in [0, 0.05) is 0 Å². The molecule has 0 saturated carbocycles. The van der Waals surface area contributed by atoms with Gasteiger partial charge in [-0.1, -0.05) is 6.92 Å². The smallest absolute Gasteiger partial charge is 0.354 e. The first kappa shape index (κ1) is 13.5. The van der Waals surface area contributed by atoms with Crippen molar-refractivity contribution in [3.63, 3.8) is 0 Å². The van der Waals surface area contributed by atoms with Gasteiger partial charge in [-0.05, 0) is 6.42 Å². The summed E-state index contributed by atoms with van der Waals surface area (Å²) >= 11 is 0. The molecule has 1 fully saturated rings. The number of ether oxygens (including phenoxy) is 1. The number of rotatable bonds is 1. The highest BCUT2D eigenvalue weighted by Crippen LogP contribution is 2.59. The maximum atomic E-state index is 13.1. The predicted molar refractivity (Wildman–Crippen MR) is 35.8 cm³/mol. The fourth-order valence-electron chi connectivity index (χ4n) is 1.52. The van der Waals surface area contributed by atoms with Crippen LogP contribution in [0.2, 0.25) is 0 Å². The van der Waals surface area contributed by atoms with Gasteiger partial charge in [0.2, 0.25) is 0 Å². The van der Waals surface area contributed by atoms with Gasteiger partial charge in [0.15, 0.2) is 0 Å². The predicted octanol–water partition coefficient (Wildman–Crippen LogP) is 2.52. The zero-order valence-corrected chi connectivity index (χ0v) is 7.79. The largest absolute Gasteiger partial charge is 0.449 e. The average molecular weight is 256 g/mol. The zero-order chi connectivity index (χ0) is 13.0. The Balaban J connectivity index is 3.28. The lowest BCUT2D eigenvalue weighted by Crippen LogP contribution is -2.58. The van der Waals surface area contributed by atoms with Crippen LogP contribution in [-0.2, 0) is 4.74 Å². The lowest BCUT2D eigenvalue weighted by atomic mass is 9.94. The Hall–Kier alpha value is -0.570. The number of aliphatic hydroxyl groups is 1. The van der Waals surface area contributed by atoms with E-state index in [-0.39, 0.29) is 0 Å². The van der Waals surface area contributed by atoms with Crippen molar-refractivity contribution in [3.8, 4) is 0 Å². The molecule has 0 amide bonds. The SMILES string of the molecule is CCC1C(F)(F)OC(O)(C(F)(F)F)C1(F)F. The summed E-state index contributed by atoms with van der Waals surface area (Å²) in [7, 11) is 0. The molecule has 9 heteroatoms. The maximum Gasteiger partial charge on any atom is 0.449 e. The molecule has 2 nitrogen and oxygen atoms in total. The van der Waals surface area contributed by atoms with Crippen molar-refractivity contribution in [1.82, 2.24) is 0 Å². The fourth-order valence-corrected chi connectivity index (χ4v) is 1.52. The Bertz CT molecular complexity index is 287. The Morgan fingerprint density at radius 2 is 1.62 bits per heavy atom. The van der Waals surface area contributed by atoms with Crippen LogP contribution in [0.15, 0.2) is 0 Å². The molecular weight excluding hydrogens is 249 g/mol. The molecule has 1 saturated heterocycles. The van der Waals surface area contributed by atoms with Crippen molar-refractivity contribution in [1.29, 1.82) is 0 Å². The van der Waals surface area contributed by atoms with Gasteiger partial charge in [0.05, 0.1) is 0 Å². The van der Waals surface area contributed by atoms with Crippen LogP contribution in [-0.4, -0.2) is 29.1 Å². The van der Waals surface area contributed by atoms with E-state index in [2.05, 4.69) is 4.74 Å². The van der Waals surface area contributed by atoms with Crippen LogP contribution in [0.1, 0.15) is 13.3 Å². The number of hydrogen-bond donors (Lipinski definition) is 1. The standard InChI is InChI=1S/C7H7F7O2/c1-2-3-4(8,9)6(15,7(12,13)14)16-5(3,10)11/h3,15H,2H2,1H3. The monoisotopic (exact) mass is 256 g/mol. The van der Waals surface area contributed by atoms with Crippen LogP contribution in [0.5, 0.6) is 0 Å². The van der Waals surface area contributed by atoms with Gasteiger partial charge in [0.1, 0.15) is 5.92 Å². The first-order valence-corrected chi connectivity index (χ1v) is 4.15. The Kier molecular flexibility index (Phi) is 2.72. The highest BCUT2D eigenvalue weighted by atomic mass is 19.4. The third kappa shape index (κ3) is 1.48. The van der Waals surface area contributed by atoms with Crippen LogP contribution in [0.25, 0.3) is 0 Å². The lowest BCUT2D eigenvalue weighted by molar-refractivity contribution is -0.433. The van der Waals surface area contributed by atoms with E-state index in [1.54, 1.807) is 0 Å². The molecule has 2 atom stereocenters. The first-order valence-electron chi connectivity index (χ1n) is 4.15. The number of halogens is 7. The summed E-state index contributed by atoms with van der Waals surface area (Å²) < 4.78 is 90.9. The van der Waals surface area contributed by atoms with E-state index >= 15 is 0 Å². The molecule has 0 bridgehead atoms. The van der Waals surface area contributed by atoms with Crippen molar-refractivity contribution in [2.45, 2.75) is 37.3 Å². The molecule has 1 N–H and O–H groups in total. The molecule has 16 heavy (non-hydrogen) atoms. The van der Waals surface area contributed by atoms with E-state index < -0.39 is 36.3 Å². The van der Waals surface area contributed by atoms with E-state index in [4.69, 9.17) is 5.11 Å². The topological polar surface area (TPSA) is 29.5 Å². The highest BCUT2D eigenvalue weighted by molar-refractivity contribution is 5.04. The van der Waals surface area contributed by atoms with Crippen LogP contribution < -0.4 is 0 Å². The van der Waals surface area contributed by atoms with Crippen molar-refractivity contribution in [3.05, 3.63) is 0 Å². The van der Waals surface area contributed by atoms with E-state index in [0.717, 1.165) is 6.92 Å². The second-order valence-corrected chi connectivity index (χ2v) is 3.39. The Labute approximate surface area is 85.0 Å². The number of hydrogen-bond acceptors (Lipinski definition) is 2. The molecule has 0 radical (unpaired) electrons. The summed E-state index contributed by atoms with van der Waals surface area (Å²) in [4.78, 5) is 0. The van der Waals surface area contributed by atoms with Crippen LogP contribution in [0.4, 0.5) is 30.7 Å². The lowest BCUT2D eigenvalue weighted by Gasteiger charge is -2.30. The average Bonchev–Trinajstić information content (AvgIpc) is 2.13. The molecule has 1 rings (SSSR count).